The topological polar surface area (TPSA) is 101 Å². The molecular formula is C22H23N7O. The molecular weight excluding hydrogens is 378 g/mol. The van der Waals surface area contributed by atoms with Crippen LogP contribution >= 0.6 is 0 Å². The number of fused-ring (bicyclic) bond motifs is 1. The molecule has 3 heterocycles. The smallest absolute Gasteiger partial charge is 0.258 e. The van der Waals surface area contributed by atoms with Gasteiger partial charge in [0.2, 0.25) is 0 Å². The van der Waals surface area contributed by atoms with Gasteiger partial charge in [0.25, 0.3) is 5.91 Å². The van der Waals surface area contributed by atoms with Crippen LogP contribution in [-0.2, 0) is 0 Å². The fourth-order valence-corrected chi connectivity index (χ4v) is 3.60. The Morgan fingerprint density at radius 2 is 2.17 bits per heavy atom. The fourth-order valence-electron chi connectivity index (χ4n) is 3.60. The average molecular weight is 401 g/mol. The van der Waals surface area contributed by atoms with E-state index in [0.717, 1.165) is 35.3 Å². The molecule has 1 aliphatic rings. The molecule has 0 spiro atoms. The number of benzene rings is 1. The van der Waals surface area contributed by atoms with Crippen molar-refractivity contribution < 1.29 is 4.79 Å². The lowest BCUT2D eigenvalue weighted by molar-refractivity contribution is 0.102. The number of nitrogens with one attached hydrogen (secondary N) is 3. The van der Waals surface area contributed by atoms with Crippen LogP contribution in [-0.4, -0.2) is 30.6 Å². The first-order valence-electron chi connectivity index (χ1n) is 10.2. The van der Waals surface area contributed by atoms with E-state index in [4.69, 9.17) is 0 Å². The van der Waals surface area contributed by atoms with E-state index in [1.807, 2.05) is 54.3 Å². The Morgan fingerprint density at radius 3 is 3.00 bits per heavy atom. The first-order chi connectivity index (χ1) is 14.7. The number of amides is 1. The van der Waals surface area contributed by atoms with Crippen molar-refractivity contribution in [1.82, 2.24) is 24.7 Å². The first kappa shape index (κ1) is 18.4. The lowest BCUT2D eigenvalue weighted by atomic mass is 9.93. The van der Waals surface area contributed by atoms with Gasteiger partial charge in [-0.25, -0.2) is 9.97 Å². The normalized spacial score (nSPS) is 15.0. The summed E-state index contributed by atoms with van der Waals surface area (Å²) < 4.78 is 1.91. The lowest BCUT2D eigenvalue weighted by Crippen LogP contribution is -2.17. The van der Waals surface area contributed by atoms with Crippen molar-refractivity contribution in [1.29, 1.82) is 0 Å². The van der Waals surface area contributed by atoms with Crippen LogP contribution in [0.2, 0.25) is 0 Å². The molecule has 5 rings (SSSR count). The van der Waals surface area contributed by atoms with Gasteiger partial charge in [0.05, 0.1) is 30.0 Å². The van der Waals surface area contributed by atoms with E-state index in [0.29, 0.717) is 17.4 Å². The third-order valence-corrected chi connectivity index (χ3v) is 5.58. The van der Waals surface area contributed by atoms with Crippen LogP contribution in [0.5, 0.6) is 0 Å². The zero-order valence-electron chi connectivity index (χ0n) is 16.7. The Bertz CT molecular complexity index is 1190. The molecule has 0 saturated heterocycles. The van der Waals surface area contributed by atoms with Crippen molar-refractivity contribution in [2.45, 2.75) is 38.3 Å². The Balaban J connectivity index is 1.27. The molecule has 1 atom stereocenters. The van der Waals surface area contributed by atoms with Crippen LogP contribution < -0.4 is 10.6 Å². The maximum atomic E-state index is 12.6. The number of aromatic amines is 1. The summed E-state index contributed by atoms with van der Waals surface area (Å²) in [7, 11) is 0. The maximum Gasteiger partial charge on any atom is 0.258 e. The summed E-state index contributed by atoms with van der Waals surface area (Å²) in [6, 6.07) is 10.1. The molecule has 0 unspecified atom stereocenters. The van der Waals surface area contributed by atoms with Crippen LogP contribution in [0.4, 0.5) is 11.5 Å². The van der Waals surface area contributed by atoms with Gasteiger partial charge in [0, 0.05) is 18.1 Å². The monoisotopic (exact) mass is 401 g/mol. The number of aromatic nitrogens is 5. The molecule has 3 aromatic heterocycles. The van der Waals surface area contributed by atoms with Gasteiger partial charge in [0.15, 0.2) is 5.65 Å². The van der Waals surface area contributed by atoms with Crippen LogP contribution in [0.25, 0.3) is 11.2 Å². The van der Waals surface area contributed by atoms with E-state index in [-0.39, 0.29) is 11.9 Å². The van der Waals surface area contributed by atoms with E-state index < -0.39 is 0 Å². The Labute approximate surface area is 173 Å². The lowest BCUT2D eigenvalue weighted by Gasteiger charge is -2.25. The number of hydrogen-bond acceptors (Lipinski definition) is 5. The minimum atomic E-state index is -0.151. The van der Waals surface area contributed by atoms with Gasteiger partial charge in [-0.3, -0.25) is 9.48 Å². The minimum absolute atomic E-state index is 0.00564. The summed E-state index contributed by atoms with van der Waals surface area (Å²) >= 11 is 0. The zero-order chi connectivity index (χ0) is 20.5. The van der Waals surface area contributed by atoms with E-state index in [1.54, 1.807) is 12.4 Å². The third-order valence-electron chi connectivity index (χ3n) is 5.58. The molecule has 30 heavy (non-hydrogen) atoms. The van der Waals surface area contributed by atoms with Gasteiger partial charge in [-0.2, -0.15) is 5.10 Å². The first-order valence-corrected chi connectivity index (χ1v) is 10.2. The van der Waals surface area contributed by atoms with Gasteiger partial charge < -0.3 is 15.6 Å². The van der Waals surface area contributed by atoms with Crippen molar-refractivity contribution >= 4 is 28.6 Å². The predicted octanol–water partition coefficient (Wildman–Crippen LogP) is 4.30. The van der Waals surface area contributed by atoms with Gasteiger partial charge in [-0.1, -0.05) is 12.1 Å². The minimum Gasteiger partial charge on any atom is -0.362 e. The second-order valence-corrected chi connectivity index (χ2v) is 7.71. The fraction of sp³-hybridized carbons (Fsp3) is 0.273. The van der Waals surface area contributed by atoms with Crippen LogP contribution in [0, 0.1) is 0 Å². The van der Waals surface area contributed by atoms with Gasteiger partial charge in [-0.05, 0) is 49.9 Å². The van der Waals surface area contributed by atoms with E-state index in [2.05, 4.69) is 30.7 Å². The van der Waals surface area contributed by atoms with Crippen molar-refractivity contribution in [3.63, 3.8) is 0 Å². The second kappa shape index (κ2) is 7.62. The molecule has 152 valence electrons. The quantitative estimate of drug-likeness (QED) is 0.447. The standard InChI is InChI=1S/C22H23N7O/c1-14(26-20-12-24-21-19(28-20)8-9-23-21)15-4-2-5-17(10-15)27-22(30)16-11-25-29(13-16)18-6-3-7-18/h2,4-5,8-14,18H,3,6-7H2,1H3,(H,23,24)(H,26,28)(H,27,30)/t14-/m0/s1. The van der Waals surface area contributed by atoms with Crippen molar-refractivity contribution in [2.24, 2.45) is 0 Å². The molecule has 0 bridgehead atoms. The molecule has 8 heteroatoms. The summed E-state index contributed by atoms with van der Waals surface area (Å²) in [6.45, 7) is 2.05. The molecule has 1 aromatic carbocycles. The SMILES string of the molecule is C[C@H](Nc1cnc2[nH]ccc2n1)c1cccc(NC(=O)c2cnn(C3CCC3)c2)c1. The van der Waals surface area contributed by atoms with Gasteiger partial charge >= 0.3 is 0 Å². The van der Waals surface area contributed by atoms with E-state index in [9.17, 15) is 4.79 Å². The number of carbonyl (C=O) groups excluding carboxylic acids is 1. The number of H-pyrrole nitrogens is 1. The second-order valence-electron chi connectivity index (χ2n) is 7.71. The molecule has 8 nitrogen and oxygen atoms in total. The number of hydrogen-bond donors (Lipinski definition) is 3. The van der Waals surface area contributed by atoms with E-state index in [1.165, 1.54) is 6.42 Å². The highest BCUT2D eigenvalue weighted by Gasteiger charge is 2.21. The number of anilines is 2. The van der Waals surface area contributed by atoms with Crippen molar-refractivity contribution in [3.8, 4) is 0 Å². The molecule has 0 radical (unpaired) electrons. The van der Waals surface area contributed by atoms with Crippen molar-refractivity contribution in [3.05, 3.63) is 66.2 Å². The third kappa shape index (κ3) is 3.63. The molecule has 1 amide bonds. The molecule has 3 N–H and O–H groups in total. The molecule has 1 saturated carbocycles. The molecule has 0 aliphatic heterocycles. The summed E-state index contributed by atoms with van der Waals surface area (Å²) in [5.74, 6) is 0.551. The largest absolute Gasteiger partial charge is 0.362 e. The summed E-state index contributed by atoms with van der Waals surface area (Å²) in [6.07, 6.45) is 10.5. The number of carbonyl (C=O) groups is 1. The zero-order valence-corrected chi connectivity index (χ0v) is 16.7. The van der Waals surface area contributed by atoms with Gasteiger partial charge in [-0.15, -0.1) is 0 Å². The number of nitrogens with zero attached hydrogens (tertiary/aromatic N) is 4. The highest BCUT2D eigenvalue weighted by atomic mass is 16.1. The predicted molar refractivity (Wildman–Crippen MR) is 115 cm³/mol. The summed E-state index contributed by atoms with van der Waals surface area (Å²) in [5, 5.41) is 10.7. The van der Waals surface area contributed by atoms with Crippen LogP contribution in [0.1, 0.15) is 54.2 Å². The van der Waals surface area contributed by atoms with Crippen molar-refractivity contribution in [2.75, 3.05) is 10.6 Å². The molecule has 1 fully saturated rings. The molecule has 4 aromatic rings. The van der Waals surface area contributed by atoms with Crippen LogP contribution in [0.15, 0.2) is 55.1 Å². The Hall–Kier alpha value is -3.68. The van der Waals surface area contributed by atoms with Crippen LogP contribution in [0.3, 0.4) is 0 Å². The van der Waals surface area contributed by atoms with E-state index >= 15 is 0 Å². The summed E-state index contributed by atoms with van der Waals surface area (Å²) in [4.78, 5) is 24.6. The molecule has 1 aliphatic carbocycles. The highest BCUT2D eigenvalue weighted by Crippen LogP contribution is 2.31. The number of rotatable bonds is 6. The van der Waals surface area contributed by atoms with Gasteiger partial charge in [0.1, 0.15) is 11.3 Å². The average Bonchev–Trinajstić information content (AvgIpc) is 3.36. The maximum absolute atomic E-state index is 12.6. The Kier molecular flexibility index (Phi) is 4.66. The highest BCUT2D eigenvalue weighted by molar-refractivity contribution is 6.04. The Morgan fingerprint density at radius 1 is 1.27 bits per heavy atom. The summed E-state index contributed by atoms with van der Waals surface area (Å²) in [5.41, 5.74) is 3.94.